The number of ether oxygens (including phenoxy) is 2. The molecule has 2 aromatic rings. The summed E-state index contributed by atoms with van der Waals surface area (Å²) in [7, 11) is 3.02. The van der Waals surface area contributed by atoms with E-state index in [1.54, 1.807) is 30.3 Å². The molecular formula is C19H20FN3O4. The van der Waals surface area contributed by atoms with Crippen molar-refractivity contribution in [2.75, 3.05) is 31.0 Å². The molecule has 0 radical (unpaired) electrons. The molecule has 0 spiro atoms. The van der Waals surface area contributed by atoms with Gasteiger partial charge >= 0.3 is 6.03 Å². The molecule has 142 valence electrons. The normalized spacial score (nSPS) is 16.2. The highest BCUT2D eigenvalue weighted by Gasteiger charge is 2.31. The summed E-state index contributed by atoms with van der Waals surface area (Å²) < 4.78 is 23.8. The third-order valence-corrected chi connectivity index (χ3v) is 4.23. The summed E-state index contributed by atoms with van der Waals surface area (Å²) >= 11 is 0. The van der Waals surface area contributed by atoms with Crippen LogP contribution in [-0.4, -0.2) is 38.7 Å². The molecule has 1 saturated heterocycles. The van der Waals surface area contributed by atoms with Crippen molar-refractivity contribution in [3.8, 4) is 11.5 Å². The van der Waals surface area contributed by atoms with Crippen LogP contribution in [0.4, 0.5) is 20.6 Å². The number of carbonyl (C=O) groups is 2. The molecule has 1 aliphatic rings. The molecule has 1 aliphatic heterocycles. The summed E-state index contributed by atoms with van der Waals surface area (Å²) in [6, 6.07) is 9.98. The third kappa shape index (κ3) is 4.28. The Kier molecular flexibility index (Phi) is 5.44. The first-order chi connectivity index (χ1) is 13.0. The van der Waals surface area contributed by atoms with Crippen LogP contribution < -0.4 is 25.0 Å². The van der Waals surface area contributed by atoms with Crippen LogP contribution in [-0.2, 0) is 4.79 Å². The summed E-state index contributed by atoms with van der Waals surface area (Å²) in [5, 5.41) is 5.45. The van der Waals surface area contributed by atoms with E-state index in [4.69, 9.17) is 9.47 Å². The molecule has 2 aromatic carbocycles. The molecule has 1 atom stereocenters. The number of nitrogens with one attached hydrogen (secondary N) is 2. The Morgan fingerprint density at radius 1 is 1.19 bits per heavy atom. The molecule has 8 heteroatoms. The van der Waals surface area contributed by atoms with E-state index >= 15 is 0 Å². The Labute approximate surface area is 156 Å². The Morgan fingerprint density at radius 2 is 2.00 bits per heavy atom. The molecule has 0 aliphatic carbocycles. The number of nitrogens with zero attached hydrogens (tertiary/aromatic N) is 1. The highest BCUT2D eigenvalue weighted by Crippen LogP contribution is 2.29. The zero-order valence-corrected chi connectivity index (χ0v) is 15.0. The summed E-state index contributed by atoms with van der Waals surface area (Å²) in [5.41, 5.74) is 0.917. The molecule has 2 N–H and O–H groups in total. The van der Waals surface area contributed by atoms with Crippen molar-refractivity contribution in [2.24, 2.45) is 0 Å². The predicted molar refractivity (Wildman–Crippen MR) is 98.9 cm³/mol. The van der Waals surface area contributed by atoms with Crippen LogP contribution >= 0.6 is 0 Å². The summed E-state index contributed by atoms with van der Waals surface area (Å²) in [5.74, 6) is 0.457. The fraction of sp³-hybridized carbons (Fsp3) is 0.263. The number of hydrogen-bond acceptors (Lipinski definition) is 4. The molecule has 1 heterocycles. The second kappa shape index (κ2) is 7.94. The minimum Gasteiger partial charge on any atom is -0.497 e. The minimum absolute atomic E-state index is 0.138. The SMILES string of the molecule is COc1ccc(OC)c(NC(=O)N[C@@H]2CC(=O)N(c3cccc(F)c3)C2)c1. The molecule has 3 rings (SSSR count). The average Bonchev–Trinajstić information content (AvgIpc) is 3.01. The molecule has 1 fully saturated rings. The van der Waals surface area contributed by atoms with Crippen LogP contribution in [0.3, 0.4) is 0 Å². The quantitative estimate of drug-likeness (QED) is 0.845. The first kappa shape index (κ1) is 18.5. The maximum Gasteiger partial charge on any atom is 0.319 e. The Hall–Kier alpha value is -3.29. The van der Waals surface area contributed by atoms with E-state index in [0.717, 1.165) is 0 Å². The van der Waals surface area contributed by atoms with Crippen LogP contribution in [0.5, 0.6) is 11.5 Å². The van der Waals surface area contributed by atoms with E-state index in [0.29, 0.717) is 22.9 Å². The van der Waals surface area contributed by atoms with Crippen LogP contribution in [0, 0.1) is 5.82 Å². The molecule has 3 amide bonds. The van der Waals surface area contributed by atoms with Gasteiger partial charge in [-0.15, -0.1) is 0 Å². The summed E-state index contributed by atoms with van der Waals surface area (Å²) in [4.78, 5) is 26.0. The smallest absolute Gasteiger partial charge is 0.319 e. The van der Waals surface area contributed by atoms with Crippen molar-refractivity contribution < 1.29 is 23.5 Å². The van der Waals surface area contributed by atoms with Crippen molar-refractivity contribution in [3.63, 3.8) is 0 Å². The number of hydrogen-bond donors (Lipinski definition) is 2. The van der Waals surface area contributed by atoms with Gasteiger partial charge in [0.2, 0.25) is 5.91 Å². The monoisotopic (exact) mass is 373 g/mol. The lowest BCUT2D eigenvalue weighted by Crippen LogP contribution is -2.39. The average molecular weight is 373 g/mol. The largest absolute Gasteiger partial charge is 0.497 e. The Bertz CT molecular complexity index is 859. The van der Waals surface area contributed by atoms with Gasteiger partial charge in [-0.25, -0.2) is 9.18 Å². The van der Waals surface area contributed by atoms with Gasteiger partial charge in [0.1, 0.15) is 17.3 Å². The third-order valence-electron chi connectivity index (χ3n) is 4.23. The van der Waals surface area contributed by atoms with E-state index in [1.807, 2.05) is 0 Å². The van der Waals surface area contributed by atoms with E-state index in [1.165, 1.54) is 31.3 Å². The highest BCUT2D eigenvalue weighted by molar-refractivity contribution is 5.98. The first-order valence-electron chi connectivity index (χ1n) is 8.35. The Balaban J connectivity index is 1.64. The number of rotatable bonds is 5. The highest BCUT2D eigenvalue weighted by atomic mass is 19.1. The standard InChI is InChI=1S/C19H20FN3O4/c1-26-15-6-7-17(27-2)16(10-15)22-19(25)21-13-9-18(24)23(11-13)14-5-3-4-12(20)8-14/h3-8,10,13H,9,11H2,1-2H3,(H2,21,22,25)/t13-/m1/s1. The van der Waals surface area contributed by atoms with Gasteiger partial charge in [0, 0.05) is 24.7 Å². The minimum atomic E-state index is -0.472. The van der Waals surface area contributed by atoms with Crippen molar-refractivity contribution in [1.29, 1.82) is 0 Å². The number of anilines is 2. The van der Waals surface area contributed by atoms with Crippen LogP contribution in [0.2, 0.25) is 0 Å². The van der Waals surface area contributed by atoms with Crippen molar-refractivity contribution >= 4 is 23.3 Å². The van der Waals surface area contributed by atoms with Crippen molar-refractivity contribution in [3.05, 3.63) is 48.3 Å². The first-order valence-corrected chi connectivity index (χ1v) is 8.35. The maximum atomic E-state index is 13.4. The number of urea groups is 1. The topological polar surface area (TPSA) is 79.9 Å². The molecule has 0 aromatic heterocycles. The van der Waals surface area contributed by atoms with Gasteiger partial charge in [0.05, 0.1) is 25.9 Å². The fourth-order valence-corrected chi connectivity index (χ4v) is 2.95. The van der Waals surface area contributed by atoms with Gasteiger partial charge < -0.3 is 25.0 Å². The number of methoxy groups -OCH3 is 2. The molecule has 0 saturated carbocycles. The van der Waals surface area contributed by atoms with E-state index in [9.17, 15) is 14.0 Å². The summed E-state index contributed by atoms with van der Waals surface area (Å²) in [6.45, 7) is 0.269. The van der Waals surface area contributed by atoms with Gasteiger partial charge in [0.15, 0.2) is 0 Å². The molecular weight excluding hydrogens is 353 g/mol. The van der Waals surface area contributed by atoms with Crippen molar-refractivity contribution in [1.82, 2.24) is 5.32 Å². The number of carbonyl (C=O) groups excluding carboxylic acids is 2. The molecule has 7 nitrogen and oxygen atoms in total. The van der Waals surface area contributed by atoms with Crippen LogP contribution in [0.1, 0.15) is 6.42 Å². The van der Waals surface area contributed by atoms with E-state index in [-0.39, 0.29) is 18.9 Å². The number of halogens is 1. The van der Waals surface area contributed by atoms with Gasteiger partial charge in [-0.3, -0.25) is 4.79 Å². The lowest BCUT2D eigenvalue weighted by atomic mass is 10.2. The van der Waals surface area contributed by atoms with Gasteiger partial charge in [-0.1, -0.05) is 6.07 Å². The van der Waals surface area contributed by atoms with E-state index in [2.05, 4.69) is 10.6 Å². The molecule has 27 heavy (non-hydrogen) atoms. The second-order valence-electron chi connectivity index (χ2n) is 6.05. The van der Waals surface area contributed by atoms with Gasteiger partial charge in [-0.05, 0) is 30.3 Å². The zero-order chi connectivity index (χ0) is 19.4. The number of benzene rings is 2. The van der Waals surface area contributed by atoms with Crippen LogP contribution in [0.25, 0.3) is 0 Å². The molecule has 0 unspecified atom stereocenters. The fourth-order valence-electron chi connectivity index (χ4n) is 2.95. The van der Waals surface area contributed by atoms with Gasteiger partial charge in [0.25, 0.3) is 0 Å². The van der Waals surface area contributed by atoms with E-state index < -0.39 is 17.9 Å². The number of amides is 3. The van der Waals surface area contributed by atoms with Crippen molar-refractivity contribution in [2.45, 2.75) is 12.5 Å². The molecule has 0 bridgehead atoms. The maximum absolute atomic E-state index is 13.4. The lowest BCUT2D eigenvalue weighted by Gasteiger charge is -2.18. The zero-order valence-electron chi connectivity index (χ0n) is 15.0. The van der Waals surface area contributed by atoms with Crippen LogP contribution in [0.15, 0.2) is 42.5 Å². The summed E-state index contributed by atoms with van der Waals surface area (Å²) in [6.07, 6.45) is 0.138. The predicted octanol–water partition coefficient (Wildman–Crippen LogP) is 2.77. The van der Waals surface area contributed by atoms with Gasteiger partial charge in [-0.2, -0.15) is 0 Å². The second-order valence-corrected chi connectivity index (χ2v) is 6.05. The lowest BCUT2D eigenvalue weighted by molar-refractivity contribution is -0.117. The Morgan fingerprint density at radius 3 is 2.70 bits per heavy atom.